The fourth-order valence-corrected chi connectivity index (χ4v) is 1.54. The average Bonchev–Trinajstić information content (AvgIpc) is 2.29. The van der Waals surface area contributed by atoms with Gasteiger partial charge in [-0.05, 0) is 24.1 Å². The van der Waals surface area contributed by atoms with Gasteiger partial charge in [-0.15, -0.1) is 0 Å². The molecule has 0 fully saturated rings. The Hall–Kier alpha value is -1.27. The third-order valence-corrected chi connectivity index (χ3v) is 2.89. The van der Waals surface area contributed by atoms with E-state index in [2.05, 4.69) is 5.32 Å². The largest absolute Gasteiger partial charge is 0.416 e. The van der Waals surface area contributed by atoms with Crippen LogP contribution in [0.2, 0.25) is 5.02 Å². The minimum Gasteiger partial charge on any atom is -0.323 e. The first-order valence-corrected chi connectivity index (χ1v) is 5.94. The van der Waals surface area contributed by atoms with Gasteiger partial charge in [0.1, 0.15) is 0 Å². The standard InChI is InChI=1S/C12H14ClF3N2O/c1-6(2)10(17)11(19)18-9-4-3-7(5-8(9)13)12(14,15)16/h3-6,10H,17H2,1-2H3,(H,18,19)/t10-/m1/s1. The molecule has 0 bridgehead atoms. The Balaban J connectivity index is 2.90. The normalized spacial score (nSPS) is 13.5. The molecule has 0 radical (unpaired) electrons. The molecule has 1 aromatic carbocycles. The number of hydrogen-bond donors (Lipinski definition) is 2. The lowest BCUT2D eigenvalue weighted by molar-refractivity contribution is -0.137. The molecular formula is C12H14ClF3N2O. The summed E-state index contributed by atoms with van der Waals surface area (Å²) >= 11 is 5.71. The lowest BCUT2D eigenvalue weighted by Gasteiger charge is -2.16. The highest BCUT2D eigenvalue weighted by atomic mass is 35.5. The maximum Gasteiger partial charge on any atom is 0.416 e. The first kappa shape index (κ1) is 15.8. The molecule has 106 valence electrons. The van der Waals surface area contributed by atoms with Crippen LogP contribution in [-0.4, -0.2) is 11.9 Å². The summed E-state index contributed by atoms with van der Waals surface area (Å²) < 4.78 is 37.3. The highest BCUT2D eigenvalue weighted by Crippen LogP contribution is 2.33. The molecule has 1 rings (SSSR count). The maximum atomic E-state index is 12.4. The number of anilines is 1. The number of nitrogens with two attached hydrogens (primary N) is 1. The van der Waals surface area contributed by atoms with E-state index >= 15 is 0 Å². The van der Waals surface area contributed by atoms with E-state index in [0.29, 0.717) is 0 Å². The van der Waals surface area contributed by atoms with E-state index < -0.39 is 23.7 Å². The van der Waals surface area contributed by atoms with Gasteiger partial charge in [-0.1, -0.05) is 25.4 Å². The molecule has 0 saturated carbocycles. The predicted octanol–water partition coefficient (Wildman–Crippen LogP) is 3.28. The van der Waals surface area contributed by atoms with E-state index in [1.165, 1.54) is 0 Å². The number of amides is 1. The lowest BCUT2D eigenvalue weighted by atomic mass is 10.0. The Labute approximate surface area is 113 Å². The molecule has 19 heavy (non-hydrogen) atoms. The molecule has 0 aliphatic rings. The molecule has 0 heterocycles. The molecule has 3 nitrogen and oxygen atoms in total. The van der Waals surface area contributed by atoms with Crippen LogP contribution in [0.25, 0.3) is 0 Å². The summed E-state index contributed by atoms with van der Waals surface area (Å²) in [5.41, 5.74) is 4.86. The van der Waals surface area contributed by atoms with Crippen molar-refractivity contribution in [3.8, 4) is 0 Å². The number of nitrogens with one attached hydrogen (secondary N) is 1. The van der Waals surface area contributed by atoms with Crippen molar-refractivity contribution < 1.29 is 18.0 Å². The number of alkyl halides is 3. The Morgan fingerprint density at radius 1 is 1.37 bits per heavy atom. The summed E-state index contributed by atoms with van der Waals surface area (Å²) in [6, 6.07) is 1.97. The predicted molar refractivity (Wildman–Crippen MR) is 67.9 cm³/mol. The minimum atomic E-state index is -4.47. The quantitative estimate of drug-likeness (QED) is 0.899. The monoisotopic (exact) mass is 294 g/mol. The van der Waals surface area contributed by atoms with Gasteiger partial charge in [-0.2, -0.15) is 13.2 Å². The molecule has 7 heteroatoms. The van der Waals surface area contributed by atoms with E-state index in [0.717, 1.165) is 18.2 Å². The van der Waals surface area contributed by atoms with Crippen molar-refractivity contribution in [1.82, 2.24) is 0 Å². The maximum absolute atomic E-state index is 12.4. The van der Waals surface area contributed by atoms with Gasteiger partial charge >= 0.3 is 6.18 Å². The molecule has 3 N–H and O–H groups in total. The highest BCUT2D eigenvalue weighted by molar-refractivity contribution is 6.33. The summed E-state index contributed by atoms with van der Waals surface area (Å²) in [5, 5.41) is 2.23. The number of benzene rings is 1. The summed E-state index contributed by atoms with van der Waals surface area (Å²) in [6.45, 7) is 3.53. The lowest BCUT2D eigenvalue weighted by Crippen LogP contribution is -2.39. The summed E-state index contributed by atoms with van der Waals surface area (Å²) in [6.07, 6.45) is -4.47. The zero-order valence-corrected chi connectivity index (χ0v) is 11.1. The van der Waals surface area contributed by atoms with Crippen molar-refractivity contribution in [2.24, 2.45) is 11.7 Å². The van der Waals surface area contributed by atoms with Crippen LogP contribution in [0.15, 0.2) is 18.2 Å². The van der Waals surface area contributed by atoms with Crippen molar-refractivity contribution in [1.29, 1.82) is 0 Å². The first-order valence-electron chi connectivity index (χ1n) is 5.56. The fourth-order valence-electron chi connectivity index (χ4n) is 1.31. The number of carbonyl (C=O) groups excluding carboxylic acids is 1. The van der Waals surface area contributed by atoms with Gasteiger partial charge in [0, 0.05) is 0 Å². The molecule has 0 aromatic heterocycles. The number of carbonyl (C=O) groups is 1. The van der Waals surface area contributed by atoms with Gasteiger partial charge in [0.15, 0.2) is 0 Å². The van der Waals surface area contributed by atoms with Crippen LogP contribution in [0.4, 0.5) is 18.9 Å². The van der Waals surface area contributed by atoms with Crippen molar-refractivity contribution in [2.75, 3.05) is 5.32 Å². The zero-order valence-electron chi connectivity index (χ0n) is 10.4. The third kappa shape index (κ3) is 4.11. The van der Waals surface area contributed by atoms with Crippen LogP contribution in [-0.2, 0) is 11.0 Å². The van der Waals surface area contributed by atoms with Crippen LogP contribution in [0.1, 0.15) is 19.4 Å². The van der Waals surface area contributed by atoms with Crippen LogP contribution in [0, 0.1) is 5.92 Å². The summed E-state index contributed by atoms with van der Waals surface area (Å²) in [4.78, 5) is 11.7. The molecule has 1 aromatic rings. The number of hydrogen-bond acceptors (Lipinski definition) is 2. The molecule has 0 spiro atoms. The molecule has 1 atom stereocenters. The molecule has 1 amide bonds. The van der Waals surface area contributed by atoms with Crippen LogP contribution in [0.3, 0.4) is 0 Å². The molecule has 0 aliphatic heterocycles. The van der Waals surface area contributed by atoms with Crippen molar-refractivity contribution >= 4 is 23.2 Å². The van der Waals surface area contributed by atoms with E-state index in [4.69, 9.17) is 17.3 Å². The Morgan fingerprint density at radius 2 is 1.95 bits per heavy atom. The van der Waals surface area contributed by atoms with Crippen LogP contribution in [0.5, 0.6) is 0 Å². The summed E-state index contributed by atoms with van der Waals surface area (Å²) in [5.74, 6) is -0.579. The van der Waals surface area contributed by atoms with Gasteiger partial charge in [-0.25, -0.2) is 0 Å². The number of rotatable bonds is 3. The SMILES string of the molecule is CC(C)[C@@H](N)C(=O)Nc1ccc(C(F)(F)F)cc1Cl. The van der Waals surface area contributed by atoms with Gasteiger partial charge in [0.25, 0.3) is 0 Å². The molecule has 0 aliphatic carbocycles. The van der Waals surface area contributed by atoms with Gasteiger partial charge < -0.3 is 11.1 Å². The Bertz CT molecular complexity index is 475. The topological polar surface area (TPSA) is 55.1 Å². The van der Waals surface area contributed by atoms with E-state index in [-0.39, 0.29) is 16.6 Å². The van der Waals surface area contributed by atoms with Gasteiger partial charge in [-0.3, -0.25) is 4.79 Å². The third-order valence-electron chi connectivity index (χ3n) is 2.58. The number of halogens is 4. The second kappa shape index (κ2) is 5.79. The second-order valence-corrected chi connectivity index (χ2v) is 4.86. The van der Waals surface area contributed by atoms with E-state index in [9.17, 15) is 18.0 Å². The smallest absolute Gasteiger partial charge is 0.323 e. The van der Waals surface area contributed by atoms with Crippen molar-refractivity contribution in [3.05, 3.63) is 28.8 Å². The first-order chi connectivity index (χ1) is 8.62. The van der Waals surface area contributed by atoms with Crippen molar-refractivity contribution in [2.45, 2.75) is 26.1 Å². The van der Waals surface area contributed by atoms with E-state index in [1.807, 2.05) is 0 Å². The highest BCUT2D eigenvalue weighted by Gasteiger charge is 2.31. The molecule has 0 unspecified atom stereocenters. The average molecular weight is 295 g/mol. The molecular weight excluding hydrogens is 281 g/mol. The van der Waals surface area contributed by atoms with Crippen molar-refractivity contribution in [3.63, 3.8) is 0 Å². The van der Waals surface area contributed by atoms with Crippen LogP contribution < -0.4 is 11.1 Å². The fraction of sp³-hybridized carbons (Fsp3) is 0.417. The van der Waals surface area contributed by atoms with Gasteiger partial charge in [0.2, 0.25) is 5.91 Å². The minimum absolute atomic E-state index is 0.0896. The zero-order chi connectivity index (χ0) is 14.8. The molecule has 0 saturated heterocycles. The van der Waals surface area contributed by atoms with Gasteiger partial charge in [0.05, 0.1) is 22.3 Å². The summed E-state index contributed by atoms with van der Waals surface area (Å²) in [7, 11) is 0. The Kier molecular flexibility index (Phi) is 4.81. The Morgan fingerprint density at radius 3 is 2.37 bits per heavy atom. The van der Waals surface area contributed by atoms with E-state index in [1.54, 1.807) is 13.8 Å². The second-order valence-electron chi connectivity index (χ2n) is 4.45. The van der Waals surface area contributed by atoms with Crippen LogP contribution >= 0.6 is 11.6 Å².